The number of halogens is 1. The smallest absolute Gasteiger partial charge is 0.319 e. The normalized spacial score (nSPS) is 18.9. The van der Waals surface area contributed by atoms with E-state index in [9.17, 15) is 9.59 Å². The molecule has 2 aliphatic heterocycles. The molecule has 0 fully saturated rings. The molecule has 7 heteroatoms. The first-order valence-corrected chi connectivity index (χ1v) is 8.92. The molecular weight excluding hydrogens is 366 g/mol. The summed E-state index contributed by atoms with van der Waals surface area (Å²) in [5, 5.41) is 6.10. The van der Waals surface area contributed by atoms with Crippen LogP contribution < -0.4 is 15.4 Å². The van der Waals surface area contributed by atoms with Crippen LogP contribution in [0.3, 0.4) is 0 Å². The van der Waals surface area contributed by atoms with Crippen LogP contribution in [0.4, 0.5) is 4.79 Å². The maximum Gasteiger partial charge on any atom is 0.319 e. The van der Waals surface area contributed by atoms with Crippen molar-refractivity contribution in [3.63, 3.8) is 0 Å². The SMILES string of the molecule is COc1ccc(CN2CC3=C(C2=O)C(c2ccccc2Cl)NC(=O)N3)cc1. The molecule has 1 atom stereocenters. The first kappa shape index (κ1) is 17.4. The first-order valence-electron chi connectivity index (χ1n) is 8.54. The molecule has 2 N–H and O–H groups in total. The van der Waals surface area contributed by atoms with Crippen molar-refractivity contribution in [1.29, 1.82) is 0 Å². The van der Waals surface area contributed by atoms with Gasteiger partial charge in [0.05, 0.1) is 31.0 Å². The van der Waals surface area contributed by atoms with Gasteiger partial charge in [0.15, 0.2) is 0 Å². The Morgan fingerprint density at radius 2 is 1.89 bits per heavy atom. The largest absolute Gasteiger partial charge is 0.497 e. The zero-order valence-corrected chi connectivity index (χ0v) is 15.4. The standard InChI is InChI=1S/C20H18ClN3O3/c1-27-13-8-6-12(7-9-13)10-24-11-16-17(19(24)25)18(23-20(26)22-16)14-4-2-3-5-15(14)21/h2-9,18H,10-11H2,1H3,(H2,22,23,26). The minimum absolute atomic E-state index is 0.113. The molecular formula is C20H18ClN3O3. The van der Waals surface area contributed by atoms with Crippen LogP contribution in [0.15, 0.2) is 59.8 Å². The highest BCUT2D eigenvalue weighted by Crippen LogP contribution is 2.35. The van der Waals surface area contributed by atoms with Crippen LogP contribution in [0, 0.1) is 0 Å². The van der Waals surface area contributed by atoms with Crippen LogP contribution >= 0.6 is 11.6 Å². The van der Waals surface area contributed by atoms with Gasteiger partial charge < -0.3 is 20.3 Å². The summed E-state index contributed by atoms with van der Waals surface area (Å²) in [6, 6.07) is 13.9. The summed E-state index contributed by atoms with van der Waals surface area (Å²) in [4.78, 5) is 26.9. The number of ether oxygens (including phenoxy) is 1. The molecule has 2 aliphatic rings. The highest BCUT2D eigenvalue weighted by molar-refractivity contribution is 6.31. The quantitative estimate of drug-likeness (QED) is 0.852. The van der Waals surface area contributed by atoms with Crippen molar-refractivity contribution in [2.75, 3.05) is 13.7 Å². The number of urea groups is 1. The lowest BCUT2D eigenvalue weighted by Gasteiger charge is -2.26. The average molecular weight is 384 g/mol. The monoisotopic (exact) mass is 383 g/mol. The van der Waals surface area contributed by atoms with Crippen molar-refractivity contribution < 1.29 is 14.3 Å². The molecule has 3 amide bonds. The van der Waals surface area contributed by atoms with E-state index in [1.165, 1.54) is 0 Å². The van der Waals surface area contributed by atoms with Gasteiger partial charge in [-0.1, -0.05) is 41.9 Å². The van der Waals surface area contributed by atoms with Crippen LogP contribution in [-0.2, 0) is 11.3 Å². The molecule has 1 unspecified atom stereocenters. The van der Waals surface area contributed by atoms with Gasteiger partial charge in [0.2, 0.25) is 0 Å². The molecule has 2 aromatic rings. The number of benzene rings is 2. The Kier molecular flexibility index (Phi) is 4.49. The summed E-state index contributed by atoms with van der Waals surface area (Å²) in [6.45, 7) is 0.801. The molecule has 0 aromatic heterocycles. The summed E-state index contributed by atoms with van der Waals surface area (Å²) in [6.07, 6.45) is 0. The lowest BCUT2D eigenvalue weighted by molar-refractivity contribution is -0.126. The van der Waals surface area contributed by atoms with Crippen LogP contribution in [-0.4, -0.2) is 30.5 Å². The van der Waals surface area contributed by atoms with E-state index in [0.717, 1.165) is 11.3 Å². The maximum atomic E-state index is 13.1. The fourth-order valence-electron chi connectivity index (χ4n) is 3.45. The molecule has 0 saturated carbocycles. The van der Waals surface area contributed by atoms with Crippen molar-refractivity contribution >= 4 is 23.5 Å². The average Bonchev–Trinajstić information content (AvgIpc) is 2.97. The van der Waals surface area contributed by atoms with Gasteiger partial charge in [0.1, 0.15) is 5.75 Å². The molecule has 0 bridgehead atoms. The van der Waals surface area contributed by atoms with Gasteiger partial charge in [0, 0.05) is 11.6 Å². The fraction of sp³-hybridized carbons (Fsp3) is 0.200. The molecule has 0 saturated heterocycles. The van der Waals surface area contributed by atoms with Crippen LogP contribution in [0.1, 0.15) is 17.2 Å². The molecule has 27 heavy (non-hydrogen) atoms. The van der Waals surface area contributed by atoms with E-state index >= 15 is 0 Å². The second kappa shape index (κ2) is 6.96. The van der Waals surface area contributed by atoms with E-state index < -0.39 is 6.04 Å². The van der Waals surface area contributed by atoms with Crippen molar-refractivity contribution in [2.24, 2.45) is 0 Å². The highest BCUT2D eigenvalue weighted by Gasteiger charge is 2.40. The van der Waals surface area contributed by atoms with Gasteiger partial charge >= 0.3 is 6.03 Å². The van der Waals surface area contributed by atoms with E-state index in [1.807, 2.05) is 42.5 Å². The Balaban J connectivity index is 1.61. The Bertz CT molecular complexity index is 940. The summed E-state index contributed by atoms with van der Waals surface area (Å²) >= 11 is 6.31. The molecule has 4 rings (SSSR count). The summed E-state index contributed by atoms with van der Waals surface area (Å²) < 4.78 is 5.17. The molecule has 138 valence electrons. The number of nitrogens with zero attached hydrogens (tertiary/aromatic N) is 1. The third kappa shape index (κ3) is 3.24. The van der Waals surface area contributed by atoms with Crippen molar-refractivity contribution in [2.45, 2.75) is 12.6 Å². The van der Waals surface area contributed by atoms with Gasteiger partial charge in [-0.25, -0.2) is 4.79 Å². The van der Waals surface area contributed by atoms with Crippen molar-refractivity contribution in [1.82, 2.24) is 15.5 Å². The number of amides is 3. The number of carbonyl (C=O) groups is 2. The van der Waals surface area contributed by atoms with Crippen molar-refractivity contribution in [3.8, 4) is 5.75 Å². The molecule has 0 aliphatic carbocycles. The van der Waals surface area contributed by atoms with Gasteiger partial charge in [-0.15, -0.1) is 0 Å². The van der Waals surface area contributed by atoms with Gasteiger partial charge in [-0.05, 0) is 29.3 Å². The van der Waals surface area contributed by atoms with Crippen LogP contribution in [0.25, 0.3) is 0 Å². The van der Waals surface area contributed by atoms with Crippen molar-refractivity contribution in [3.05, 3.63) is 76.0 Å². The number of hydrogen-bond acceptors (Lipinski definition) is 3. The Morgan fingerprint density at radius 1 is 1.15 bits per heavy atom. The van der Waals surface area contributed by atoms with Gasteiger partial charge in [-0.2, -0.15) is 0 Å². The van der Waals surface area contributed by atoms with Gasteiger partial charge in [0.25, 0.3) is 5.91 Å². The zero-order chi connectivity index (χ0) is 19.0. The highest BCUT2D eigenvalue weighted by atomic mass is 35.5. The molecule has 6 nitrogen and oxygen atoms in total. The second-order valence-corrected chi connectivity index (χ2v) is 6.86. The van der Waals surface area contributed by atoms with E-state index in [2.05, 4.69) is 10.6 Å². The summed E-state index contributed by atoms with van der Waals surface area (Å²) in [5.74, 6) is 0.650. The van der Waals surface area contributed by atoms with Crippen LogP contribution in [0.2, 0.25) is 5.02 Å². The Morgan fingerprint density at radius 3 is 2.59 bits per heavy atom. The predicted octanol–water partition coefficient (Wildman–Crippen LogP) is 3.00. The Labute approximate surface area is 161 Å². The van der Waals surface area contributed by atoms with E-state index in [-0.39, 0.29) is 11.9 Å². The topological polar surface area (TPSA) is 70.7 Å². The second-order valence-electron chi connectivity index (χ2n) is 6.45. The number of nitrogens with one attached hydrogen (secondary N) is 2. The molecule has 0 radical (unpaired) electrons. The third-order valence-corrected chi connectivity index (χ3v) is 5.11. The predicted molar refractivity (Wildman–Crippen MR) is 101 cm³/mol. The third-order valence-electron chi connectivity index (χ3n) is 4.77. The number of carbonyl (C=O) groups excluding carboxylic acids is 2. The number of methoxy groups -OCH3 is 1. The maximum absolute atomic E-state index is 13.1. The molecule has 2 aromatic carbocycles. The fourth-order valence-corrected chi connectivity index (χ4v) is 3.69. The number of rotatable bonds is 4. The molecule has 0 spiro atoms. The lowest BCUT2D eigenvalue weighted by Crippen LogP contribution is -2.44. The Hall–Kier alpha value is -2.99. The first-order chi connectivity index (χ1) is 13.1. The summed E-state index contributed by atoms with van der Waals surface area (Å²) in [5.41, 5.74) is 2.86. The zero-order valence-electron chi connectivity index (χ0n) is 14.7. The lowest BCUT2D eigenvalue weighted by atomic mass is 9.96. The minimum Gasteiger partial charge on any atom is -0.497 e. The van der Waals surface area contributed by atoms with Gasteiger partial charge in [-0.3, -0.25) is 4.79 Å². The number of hydrogen-bond donors (Lipinski definition) is 2. The minimum atomic E-state index is -0.559. The molecule has 2 heterocycles. The van der Waals surface area contributed by atoms with E-state index in [0.29, 0.717) is 34.9 Å². The van der Waals surface area contributed by atoms with E-state index in [1.54, 1.807) is 18.1 Å². The van der Waals surface area contributed by atoms with Crippen LogP contribution in [0.5, 0.6) is 5.75 Å². The summed E-state index contributed by atoms with van der Waals surface area (Å²) in [7, 11) is 1.61. The van der Waals surface area contributed by atoms with E-state index in [4.69, 9.17) is 16.3 Å².